The van der Waals surface area contributed by atoms with Gasteiger partial charge in [-0.25, -0.2) is 4.79 Å². The first-order valence-corrected chi connectivity index (χ1v) is 15.6. The minimum atomic E-state index is -0.658. The number of piperazine rings is 1. The van der Waals surface area contributed by atoms with Crippen LogP contribution in [0.25, 0.3) is 0 Å². The van der Waals surface area contributed by atoms with Gasteiger partial charge in [0.05, 0.1) is 18.6 Å². The molecule has 1 aromatic rings. The molecular weight excluding hydrogens is 534 g/mol. The van der Waals surface area contributed by atoms with E-state index < -0.39 is 23.8 Å². The molecule has 9 nitrogen and oxygen atoms in total. The average Bonchev–Trinajstić information content (AvgIpc) is 3.88. The molecule has 1 unspecified atom stereocenters. The normalized spacial score (nSPS) is 33.3. The van der Waals surface area contributed by atoms with Crippen molar-refractivity contribution in [1.29, 1.82) is 0 Å². The number of carbonyl (C=O) groups is 2. The van der Waals surface area contributed by atoms with E-state index in [1.165, 1.54) is 11.1 Å². The van der Waals surface area contributed by atoms with Crippen molar-refractivity contribution in [2.24, 2.45) is 11.8 Å². The Morgan fingerprint density at radius 3 is 2.43 bits per heavy atom. The van der Waals surface area contributed by atoms with Gasteiger partial charge >= 0.3 is 6.09 Å². The van der Waals surface area contributed by atoms with Crippen molar-refractivity contribution in [1.82, 2.24) is 15.1 Å². The van der Waals surface area contributed by atoms with Crippen LogP contribution in [0.1, 0.15) is 59.4 Å². The zero-order chi connectivity index (χ0) is 30.1. The molecule has 0 radical (unpaired) electrons. The zero-order valence-corrected chi connectivity index (χ0v) is 26.1. The maximum absolute atomic E-state index is 13.6. The Hall–Kier alpha value is -2.46. The summed E-state index contributed by atoms with van der Waals surface area (Å²) in [4.78, 5) is 31.1. The highest BCUT2D eigenvalue weighted by atomic mass is 16.6. The molecular formula is C33H49N3O6. The standard InChI is InChI=1S/C33H49N3O6/c1-22(2)12-13-26-32(5,42-26)29-28(39-6)25(14-15-33(29)21-40-33)41-31(38)34-27(23(3)4)30(37)36-18-16-35(17-19-36)20-24-10-8-7-9-11-24/h7-12,23,25-29H,13-21H2,1-6H3,(H,34,38)/t25-,26-,27-,28?,29-,32+,33+/m1/s1. The van der Waals surface area contributed by atoms with Crippen LogP contribution in [0, 0.1) is 11.8 Å². The molecule has 232 valence electrons. The fraction of sp³-hybridized carbons (Fsp3) is 0.697. The van der Waals surface area contributed by atoms with Crippen molar-refractivity contribution >= 4 is 12.0 Å². The number of amides is 2. The second kappa shape index (κ2) is 12.6. The molecule has 1 N–H and O–H groups in total. The molecule has 3 saturated heterocycles. The number of benzene rings is 1. The molecule has 9 heteroatoms. The maximum Gasteiger partial charge on any atom is 0.408 e. The number of hydrogen-bond donors (Lipinski definition) is 1. The maximum atomic E-state index is 13.6. The topological polar surface area (TPSA) is 96.2 Å². The molecule has 1 aliphatic carbocycles. The van der Waals surface area contributed by atoms with Gasteiger partial charge in [-0.2, -0.15) is 0 Å². The molecule has 42 heavy (non-hydrogen) atoms. The Balaban J connectivity index is 1.18. The number of hydrogen-bond acceptors (Lipinski definition) is 7. The third-order valence-corrected chi connectivity index (χ3v) is 9.63. The highest BCUT2D eigenvalue weighted by molar-refractivity contribution is 5.86. The lowest BCUT2D eigenvalue weighted by molar-refractivity contribution is -0.137. The number of carbonyl (C=O) groups excluding carboxylic acids is 2. The molecule has 0 bridgehead atoms. The van der Waals surface area contributed by atoms with Crippen LogP contribution in [-0.4, -0.2) is 97.3 Å². The molecule has 1 aromatic carbocycles. The zero-order valence-electron chi connectivity index (χ0n) is 26.1. The van der Waals surface area contributed by atoms with Gasteiger partial charge in [-0.3, -0.25) is 9.69 Å². The molecule has 3 heterocycles. The Kier molecular flexibility index (Phi) is 9.33. The van der Waals surface area contributed by atoms with Gasteiger partial charge in [-0.15, -0.1) is 0 Å². The molecule has 4 aliphatic rings. The van der Waals surface area contributed by atoms with Crippen molar-refractivity contribution in [2.75, 3.05) is 39.9 Å². The number of alkyl carbamates (subject to hydrolysis) is 1. The summed E-state index contributed by atoms with van der Waals surface area (Å²) in [6.07, 6.45) is 3.15. The highest BCUT2D eigenvalue weighted by Gasteiger charge is 2.72. The van der Waals surface area contributed by atoms with Crippen LogP contribution >= 0.6 is 0 Å². The number of rotatable bonds is 10. The molecule has 2 amide bonds. The summed E-state index contributed by atoms with van der Waals surface area (Å²) in [5.74, 6) is -0.188. The lowest BCUT2D eigenvalue weighted by Crippen LogP contribution is -2.58. The highest BCUT2D eigenvalue weighted by Crippen LogP contribution is 2.59. The monoisotopic (exact) mass is 583 g/mol. The van der Waals surface area contributed by atoms with Gasteiger partial charge in [0, 0.05) is 39.8 Å². The van der Waals surface area contributed by atoms with Gasteiger partial charge in [0.25, 0.3) is 0 Å². The molecule has 1 saturated carbocycles. The van der Waals surface area contributed by atoms with E-state index in [2.05, 4.69) is 61.3 Å². The van der Waals surface area contributed by atoms with E-state index in [0.717, 1.165) is 32.5 Å². The third-order valence-electron chi connectivity index (χ3n) is 9.63. The second-order valence-corrected chi connectivity index (χ2v) is 13.3. The van der Waals surface area contributed by atoms with Crippen LogP contribution in [0.15, 0.2) is 42.0 Å². The smallest absolute Gasteiger partial charge is 0.408 e. The predicted octanol–water partition coefficient (Wildman–Crippen LogP) is 4.16. The van der Waals surface area contributed by atoms with E-state index in [-0.39, 0.29) is 35.6 Å². The average molecular weight is 584 g/mol. The minimum Gasteiger partial charge on any atom is -0.443 e. The molecule has 1 spiro atoms. The van der Waals surface area contributed by atoms with Gasteiger partial charge < -0.3 is 29.2 Å². The van der Waals surface area contributed by atoms with E-state index in [9.17, 15) is 9.59 Å². The Morgan fingerprint density at radius 2 is 1.83 bits per heavy atom. The summed E-state index contributed by atoms with van der Waals surface area (Å²) in [5.41, 5.74) is 1.84. The SMILES string of the molecule is COC1[C@H](OC(=O)N[C@@H](C(=O)N2CCN(Cc3ccccc3)CC2)C(C)C)CC[C@]2(CO2)[C@H]1[C@@]1(C)O[C@@H]1CC=C(C)C. The van der Waals surface area contributed by atoms with Crippen LogP contribution in [-0.2, 0) is 30.3 Å². The van der Waals surface area contributed by atoms with E-state index in [1.807, 2.05) is 24.8 Å². The lowest BCUT2D eigenvalue weighted by Gasteiger charge is -2.42. The number of epoxide rings is 2. The van der Waals surface area contributed by atoms with E-state index >= 15 is 0 Å². The first-order chi connectivity index (χ1) is 20.1. The number of allylic oxidation sites excluding steroid dienone is 1. The number of nitrogens with one attached hydrogen (secondary N) is 1. The number of methoxy groups -OCH3 is 1. The third kappa shape index (κ3) is 6.69. The molecule has 5 rings (SSSR count). The van der Waals surface area contributed by atoms with Crippen molar-refractivity contribution < 1.29 is 28.5 Å². The number of nitrogens with zero attached hydrogens (tertiary/aromatic N) is 2. The summed E-state index contributed by atoms with van der Waals surface area (Å²) in [7, 11) is 1.67. The Labute approximate surface area is 250 Å². The molecule has 4 fully saturated rings. The van der Waals surface area contributed by atoms with Crippen LogP contribution in [0.2, 0.25) is 0 Å². The molecule has 3 aliphatic heterocycles. The predicted molar refractivity (Wildman–Crippen MR) is 160 cm³/mol. The van der Waals surface area contributed by atoms with Crippen molar-refractivity contribution in [3.05, 3.63) is 47.5 Å². The van der Waals surface area contributed by atoms with Crippen LogP contribution in [0.5, 0.6) is 0 Å². The van der Waals surface area contributed by atoms with Gasteiger partial charge in [0.15, 0.2) is 0 Å². The molecule has 0 aromatic heterocycles. The van der Waals surface area contributed by atoms with E-state index in [1.54, 1.807) is 7.11 Å². The van der Waals surface area contributed by atoms with E-state index in [4.69, 9.17) is 18.9 Å². The summed E-state index contributed by atoms with van der Waals surface area (Å²) >= 11 is 0. The van der Waals surface area contributed by atoms with Gasteiger partial charge in [-0.05, 0) is 51.5 Å². The second-order valence-electron chi connectivity index (χ2n) is 13.3. The van der Waals surface area contributed by atoms with Gasteiger partial charge in [-0.1, -0.05) is 55.8 Å². The Morgan fingerprint density at radius 1 is 1.14 bits per heavy atom. The first-order valence-electron chi connectivity index (χ1n) is 15.6. The quantitative estimate of drug-likeness (QED) is 0.327. The van der Waals surface area contributed by atoms with Crippen LogP contribution < -0.4 is 5.32 Å². The van der Waals surface area contributed by atoms with Gasteiger partial charge in [0.2, 0.25) is 5.91 Å². The summed E-state index contributed by atoms with van der Waals surface area (Å²) in [5, 5.41) is 2.91. The first kappa shape index (κ1) is 31.0. The lowest BCUT2D eigenvalue weighted by atomic mass is 9.68. The van der Waals surface area contributed by atoms with Gasteiger partial charge in [0.1, 0.15) is 29.5 Å². The fourth-order valence-corrected chi connectivity index (χ4v) is 7.05. The number of ether oxygens (including phenoxy) is 4. The van der Waals surface area contributed by atoms with Crippen molar-refractivity contribution in [2.45, 2.75) is 96.0 Å². The van der Waals surface area contributed by atoms with Crippen LogP contribution in [0.4, 0.5) is 4.79 Å². The fourth-order valence-electron chi connectivity index (χ4n) is 7.05. The van der Waals surface area contributed by atoms with Crippen molar-refractivity contribution in [3.8, 4) is 0 Å². The largest absolute Gasteiger partial charge is 0.443 e. The summed E-state index contributed by atoms with van der Waals surface area (Å²) < 4.78 is 24.4. The Bertz CT molecular complexity index is 1130. The van der Waals surface area contributed by atoms with E-state index in [0.29, 0.717) is 26.1 Å². The summed E-state index contributed by atoms with van der Waals surface area (Å²) in [6.45, 7) is 14.6. The minimum absolute atomic E-state index is 0.0492. The molecule has 7 atom stereocenters. The summed E-state index contributed by atoms with van der Waals surface area (Å²) in [6, 6.07) is 9.72. The van der Waals surface area contributed by atoms with Crippen molar-refractivity contribution in [3.63, 3.8) is 0 Å². The van der Waals surface area contributed by atoms with Crippen LogP contribution in [0.3, 0.4) is 0 Å².